The lowest BCUT2D eigenvalue weighted by Gasteiger charge is -2.13. The first-order valence-electron chi connectivity index (χ1n) is 6.76. The van der Waals surface area contributed by atoms with Gasteiger partial charge in [0.25, 0.3) is 0 Å². The maximum atomic E-state index is 4.63. The standard InChI is InChI=1S/C14H26N4/c1-6-7-15-13-9-12(8-11(2)3)16-14(17-13)10-18(4)5/h9,11H,6-8,10H2,1-5H3,(H,15,16,17). The lowest BCUT2D eigenvalue weighted by molar-refractivity contribution is 0.389. The molecule has 0 saturated carbocycles. The Balaban J connectivity index is 2.88. The summed E-state index contributed by atoms with van der Waals surface area (Å²) in [6.07, 6.45) is 2.11. The first-order valence-corrected chi connectivity index (χ1v) is 6.76. The summed E-state index contributed by atoms with van der Waals surface area (Å²) in [7, 11) is 4.08. The van der Waals surface area contributed by atoms with E-state index >= 15 is 0 Å². The minimum Gasteiger partial charge on any atom is -0.370 e. The number of nitrogens with zero attached hydrogens (tertiary/aromatic N) is 3. The molecular formula is C14H26N4. The predicted octanol–water partition coefficient (Wildman–Crippen LogP) is 2.56. The Morgan fingerprint density at radius 1 is 1.28 bits per heavy atom. The Kier molecular flexibility index (Phi) is 6.05. The lowest BCUT2D eigenvalue weighted by Crippen LogP contribution is -2.16. The van der Waals surface area contributed by atoms with Gasteiger partial charge >= 0.3 is 0 Å². The van der Waals surface area contributed by atoms with Gasteiger partial charge in [-0.1, -0.05) is 20.8 Å². The first kappa shape index (κ1) is 14.9. The summed E-state index contributed by atoms with van der Waals surface area (Å²) in [5, 5.41) is 3.35. The van der Waals surface area contributed by atoms with Crippen molar-refractivity contribution in [1.82, 2.24) is 14.9 Å². The van der Waals surface area contributed by atoms with Crippen LogP contribution in [0.15, 0.2) is 6.07 Å². The highest BCUT2D eigenvalue weighted by Gasteiger charge is 2.07. The lowest BCUT2D eigenvalue weighted by atomic mass is 10.1. The molecule has 102 valence electrons. The van der Waals surface area contributed by atoms with Crippen LogP contribution >= 0.6 is 0 Å². The van der Waals surface area contributed by atoms with E-state index in [2.05, 4.69) is 47.0 Å². The van der Waals surface area contributed by atoms with Crippen molar-refractivity contribution in [3.8, 4) is 0 Å². The van der Waals surface area contributed by atoms with Crippen LogP contribution in [0.25, 0.3) is 0 Å². The molecule has 0 aromatic carbocycles. The summed E-state index contributed by atoms with van der Waals surface area (Å²) >= 11 is 0. The molecule has 0 fully saturated rings. The van der Waals surface area contributed by atoms with Crippen LogP contribution < -0.4 is 5.32 Å². The van der Waals surface area contributed by atoms with Crippen LogP contribution in [0.5, 0.6) is 0 Å². The molecular weight excluding hydrogens is 224 g/mol. The van der Waals surface area contributed by atoms with Crippen molar-refractivity contribution < 1.29 is 0 Å². The fraction of sp³-hybridized carbons (Fsp3) is 0.714. The van der Waals surface area contributed by atoms with Gasteiger partial charge in [0.15, 0.2) is 0 Å². The second kappa shape index (κ2) is 7.31. The monoisotopic (exact) mass is 250 g/mol. The summed E-state index contributed by atoms with van der Waals surface area (Å²) in [5.74, 6) is 2.47. The van der Waals surface area contributed by atoms with E-state index in [9.17, 15) is 0 Å². The molecule has 1 aromatic heterocycles. The van der Waals surface area contributed by atoms with Crippen LogP contribution in [0.2, 0.25) is 0 Å². The highest BCUT2D eigenvalue weighted by atomic mass is 15.1. The third kappa shape index (κ3) is 5.45. The van der Waals surface area contributed by atoms with Crippen LogP contribution in [0, 0.1) is 5.92 Å². The molecule has 0 atom stereocenters. The maximum absolute atomic E-state index is 4.63. The number of hydrogen-bond donors (Lipinski definition) is 1. The van der Waals surface area contributed by atoms with Crippen molar-refractivity contribution in [3.63, 3.8) is 0 Å². The molecule has 0 spiro atoms. The third-order valence-electron chi connectivity index (χ3n) is 2.46. The van der Waals surface area contributed by atoms with Crippen molar-refractivity contribution in [3.05, 3.63) is 17.6 Å². The summed E-state index contributed by atoms with van der Waals surface area (Å²) < 4.78 is 0. The molecule has 0 aliphatic carbocycles. The topological polar surface area (TPSA) is 41.1 Å². The molecule has 1 rings (SSSR count). The maximum Gasteiger partial charge on any atom is 0.144 e. The zero-order chi connectivity index (χ0) is 13.5. The number of rotatable bonds is 7. The van der Waals surface area contributed by atoms with Crippen LogP contribution in [-0.2, 0) is 13.0 Å². The molecule has 1 aromatic rings. The Hall–Kier alpha value is -1.16. The molecule has 1 N–H and O–H groups in total. The number of anilines is 1. The van der Waals surface area contributed by atoms with Crippen molar-refractivity contribution in [2.24, 2.45) is 5.92 Å². The number of aromatic nitrogens is 2. The fourth-order valence-corrected chi connectivity index (χ4v) is 1.77. The molecule has 0 radical (unpaired) electrons. The van der Waals surface area contributed by atoms with E-state index in [0.717, 1.165) is 43.3 Å². The quantitative estimate of drug-likeness (QED) is 0.807. The van der Waals surface area contributed by atoms with E-state index in [1.807, 2.05) is 14.1 Å². The average Bonchev–Trinajstić information content (AvgIpc) is 2.24. The first-order chi connectivity index (χ1) is 8.51. The summed E-state index contributed by atoms with van der Waals surface area (Å²) in [6, 6.07) is 2.08. The van der Waals surface area contributed by atoms with Crippen LogP contribution in [0.3, 0.4) is 0 Å². The van der Waals surface area contributed by atoms with Crippen LogP contribution in [-0.4, -0.2) is 35.5 Å². The van der Waals surface area contributed by atoms with E-state index in [1.54, 1.807) is 0 Å². The molecule has 0 saturated heterocycles. The Labute approximate surface area is 111 Å². The molecule has 0 amide bonds. The van der Waals surface area contributed by atoms with Gasteiger partial charge in [0, 0.05) is 18.3 Å². The Morgan fingerprint density at radius 2 is 2.00 bits per heavy atom. The van der Waals surface area contributed by atoms with Crippen LogP contribution in [0.1, 0.15) is 38.7 Å². The molecule has 4 heteroatoms. The van der Waals surface area contributed by atoms with E-state index in [4.69, 9.17) is 0 Å². The van der Waals surface area contributed by atoms with Crippen molar-refractivity contribution in [2.45, 2.75) is 40.2 Å². The molecule has 1 heterocycles. The van der Waals surface area contributed by atoms with Crippen molar-refractivity contribution >= 4 is 5.82 Å². The molecule has 18 heavy (non-hydrogen) atoms. The normalized spacial score (nSPS) is 11.3. The molecule has 0 unspecified atom stereocenters. The largest absolute Gasteiger partial charge is 0.370 e. The SMILES string of the molecule is CCCNc1cc(CC(C)C)nc(CN(C)C)n1. The smallest absolute Gasteiger partial charge is 0.144 e. The van der Waals surface area contributed by atoms with Gasteiger partial charge in [0.05, 0.1) is 6.54 Å². The van der Waals surface area contributed by atoms with E-state index in [0.29, 0.717) is 5.92 Å². The second-order valence-corrected chi connectivity index (χ2v) is 5.42. The van der Waals surface area contributed by atoms with Gasteiger partial charge in [-0.05, 0) is 32.9 Å². The van der Waals surface area contributed by atoms with Gasteiger partial charge in [-0.15, -0.1) is 0 Å². The summed E-state index contributed by atoms with van der Waals surface area (Å²) in [6.45, 7) is 8.33. The molecule has 0 bridgehead atoms. The van der Waals surface area contributed by atoms with Gasteiger partial charge in [-0.2, -0.15) is 0 Å². The van der Waals surface area contributed by atoms with Gasteiger partial charge in [-0.25, -0.2) is 9.97 Å². The van der Waals surface area contributed by atoms with Gasteiger partial charge < -0.3 is 10.2 Å². The highest BCUT2D eigenvalue weighted by Crippen LogP contribution is 2.12. The van der Waals surface area contributed by atoms with Crippen molar-refractivity contribution in [2.75, 3.05) is 26.0 Å². The molecule has 4 nitrogen and oxygen atoms in total. The van der Waals surface area contributed by atoms with E-state index in [1.165, 1.54) is 0 Å². The predicted molar refractivity (Wildman–Crippen MR) is 76.7 cm³/mol. The summed E-state index contributed by atoms with van der Waals surface area (Å²) in [4.78, 5) is 11.3. The van der Waals surface area contributed by atoms with Gasteiger partial charge in [-0.3, -0.25) is 0 Å². The zero-order valence-corrected chi connectivity index (χ0v) is 12.3. The fourth-order valence-electron chi connectivity index (χ4n) is 1.77. The van der Waals surface area contributed by atoms with Crippen LogP contribution in [0.4, 0.5) is 5.82 Å². The Morgan fingerprint density at radius 3 is 2.56 bits per heavy atom. The van der Waals surface area contributed by atoms with Gasteiger partial charge in [0.1, 0.15) is 11.6 Å². The second-order valence-electron chi connectivity index (χ2n) is 5.42. The zero-order valence-electron chi connectivity index (χ0n) is 12.3. The summed E-state index contributed by atoms with van der Waals surface area (Å²) in [5.41, 5.74) is 1.13. The van der Waals surface area contributed by atoms with E-state index in [-0.39, 0.29) is 0 Å². The molecule has 0 aliphatic rings. The number of hydrogen-bond acceptors (Lipinski definition) is 4. The third-order valence-corrected chi connectivity index (χ3v) is 2.46. The minimum atomic E-state index is 0.617. The minimum absolute atomic E-state index is 0.617. The van der Waals surface area contributed by atoms with Gasteiger partial charge in [0.2, 0.25) is 0 Å². The number of nitrogens with one attached hydrogen (secondary N) is 1. The Bertz CT molecular complexity index is 333. The van der Waals surface area contributed by atoms with E-state index < -0.39 is 0 Å². The molecule has 0 aliphatic heterocycles. The van der Waals surface area contributed by atoms with Crippen molar-refractivity contribution in [1.29, 1.82) is 0 Å². The average molecular weight is 250 g/mol. The highest BCUT2D eigenvalue weighted by molar-refractivity contribution is 5.36.